The number of hydrogen-bond acceptors (Lipinski definition) is 5. The first-order valence-electron chi connectivity index (χ1n) is 6.98. The van der Waals surface area contributed by atoms with Crippen LogP contribution in [-0.4, -0.2) is 42.2 Å². The molecule has 2 aromatic rings. The van der Waals surface area contributed by atoms with E-state index in [1.54, 1.807) is 0 Å². The highest BCUT2D eigenvalue weighted by Gasteiger charge is 2.30. The molecule has 1 aliphatic rings. The van der Waals surface area contributed by atoms with E-state index in [2.05, 4.69) is 26.1 Å². The van der Waals surface area contributed by atoms with Crippen LogP contribution in [0.25, 0.3) is 11.4 Å². The number of halogens is 1. The second-order valence-corrected chi connectivity index (χ2v) is 8.32. The van der Waals surface area contributed by atoms with Gasteiger partial charge >= 0.3 is 0 Å². The Hall–Kier alpha value is -1.25. The normalized spacial score (nSPS) is 20.2. The maximum absolute atomic E-state index is 11.7. The van der Waals surface area contributed by atoms with Gasteiger partial charge in [0.15, 0.2) is 0 Å². The van der Waals surface area contributed by atoms with Gasteiger partial charge in [-0.25, -0.2) is 12.7 Å². The highest BCUT2D eigenvalue weighted by Crippen LogP contribution is 2.29. The number of benzene rings is 1. The van der Waals surface area contributed by atoms with Gasteiger partial charge in [-0.3, -0.25) is 0 Å². The maximum atomic E-state index is 11.7. The molecule has 1 aliphatic heterocycles. The van der Waals surface area contributed by atoms with Crippen molar-refractivity contribution in [2.75, 3.05) is 19.3 Å². The van der Waals surface area contributed by atoms with Gasteiger partial charge in [-0.05, 0) is 25.0 Å². The van der Waals surface area contributed by atoms with Crippen molar-refractivity contribution in [2.24, 2.45) is 0 Å². The molecule has 0 aliphatic carbocycles. The van der Waals surface area contributed by atoms with E-state index in [1.807, 2.05) is 24.3 Å². The molecule has 0 N–H and O–H groups in total. The summed E-state index contributed by atoms with van der Waals surface area (Å²) in [4.78, 5) is 4.44. The molecule has 0 spiro atoms. The molecule has 1 aromatic carbocycles. The fourth-order valence-electron chi connectivity index (χ4n) is 2.59. The van der Waals surface area contributed by atoms with Gasteiger partial charge < -0.3 is 4.52 Å². The molecular formula is C14H16BrN3O3S. The quantitative estimate of drug-likeness (QED) is 0.811. The molecule has 0 unspecified atom stereocenters. The van der Waals surface area contributed by atoms with Crippen LogP contribution in [0.1, 0.15) is 24.7 Å². The molecule has 0 bridgehead atoms. The monoisotopic (exact) mass is 385 g/mol. The Morgan fingerprint density at radius 3 is 2.95 bits per heavy atom. The van der Waals surface area contributed by atoms with Gasteiger partial charge in [-0.1, -0.05) is 33.2 Å². The lowest BCUT2D eigenvalue weighted by Crippen LogP contribution is -2.38. The van der Waals surface area contributed by atoms with Crippen molar-refractivity contribution >= 4 is 26.0 Å². The smallest absolute Gasteiger partial charge is 0.231 e. The number of piperidine rings is 1. The fraction of sp³-hybridized carbons (Fsp3) is 0.429. The molecule has 3 rings (SSSR count). The van der Waals surface area contributed by atoms with E-state index < -0.39 is 10.0 Å². The van der Waals surface area contributed by atoms with E-state index in [4.69, 9.17) is 4.52 Å². The zero-order chi connectivity index (χ0) is 15.7. The summed E-state index contributed by atoms with van der Waals surface area (Å²) in [6.07, 6.45) is 2.88. The predicted octanol–water partition coefficient (Wildman–Crippen LogP) is 2.64. The van der Waals surface area contributed by atoms with E-state index in [0.29, 0.717) is 24.8 Å². The zero-order valence-electron chi connectivity index (χ0n) is 12.1. The van der Waals surface area contributed by atoms with Crippen molar-refractivity contribution in [3.05, 3.63) is 34.6 Å². The Bertz CT molecular complexity index is 775. The summed E-state index contributed by atoms with van der Waals surface area (Å²) in [6, 6.07) is 7.65. The number of nitrogens with zero attached hydrogens (tertiary/aromatic N) is 3. The summed E-state index contributed by atoms with van der Waals surface area (Å²) in [6.45, 7) is 0.959. The zero-order valence-corrected chi connectivity index (χ0v) is 14.5. The third-order valence-corrected chi connectivity index (χ3v) is 5.49. The summed E-state index contributed by atoms with van der Waals surface area (Å²) < 4.78 is 31.1. The number of hydrogen-bond donors (Lipinski definition) is 0. The van der Waals surface area contributed by atoms with E-state index in [0.717, 1.165) is 22.9 Å². The van der Waals surface area contributed by atoms with Crippen molar-refractivity contribution in [3.8, 4) is 11.4 Å². The van der Waals surface area contributed by atoms with E-state index in [-0.39, 0.29) is 5.92 Å². The summed E-state index contributed by atoms with van der Waals surface area (Å²) in [5.41, 5.74) is 0.861. The van der Waals surface area contributed by atoms with Gasteiger partial charge in [0.1, 0.15) is 0 Å². The van der Waals surface area contributed by atoms with Gasteiger partial charge in [0.05, 0.1) is 12.2 Å². The van der Waals surface area contributed by atoms with E-state index in [9.17, 15) is 8.42 Å². The Morgan fingerprint density at radius 1 is 1.41 bits per heavy atom. The van der Waals surface area contributed by atoms with Crippen LogP contribution in [0.15, 0.2) is 33.3 Å². The molecular weight excluding hydrogens is 370 g/mol. The summed E-state index contributed by atoms with van der Waals surface area (Å²) in [7, 11) is -3.18. The van der Waals surface area contributed by atoms with Crippen LogP contribution in [-0.2, 0) is 10.0 Å². The molecule has 1 aromatic heterocycles. The summed E-state index contributed by atoms with van der Waals surface area (Å²) in [5.74, 6) is 0.980. The third kappa shape index (κ3) is 3.39. The summed E-state index contributed by atoms with van der Waals surface area (Å²) in [5, 5.41) is 4.02. The van der Waals surface area contributed by atoms with Crippen LogP contribution in [0.3, 0.4) is 0 Å². The topological polar surface area (TPSA) is 76.3 Å². The van der Waals surface area contributed by atoms with Crippen molar-refractivity contribution in [3.63, 3.8) is 0 Å². The average molecular weight is 386 g/mol. The molecule has 118 valence electrons. The van der Waals surface area contributed by atoms with Crippen molar-refractivity contribution in [1.82, 2.24) is 14.4 Å². The highest BCUT2D eigenvalue weighted by atomic mass is 79.9. The highest BCUT2D eigenvalue weighted by molar-refractivity contribution is 9.10. The Morgan fingerprint density at radius 2 is 2.23 bits per heavy atom. The predicted molar refractivity (Wildman–Crippen MR) is 85.8 cm³/mol. The van der Waals surface area contributed by atoms with Gasteiger partial charge in [-0.2, -0.15) is 4.98 Å². The molecule has 6 nitrogen and oxygen atoms in total. The van der Waals surface area contributed by atoms with Crippen LogP contribution in [0.2, 0.25) is 0 Å². The van der Waals surface area contributed by atoms with Crippen LogP contribution >= 0.6 is 15.9 Å². The van der Waals surface area contributed by atoms with E-state index >= 15 is 0 Å². The van der Waals surface area contributed by atoms with Gasteiger partial charge in [0.2, 0.25) is 21.7 Å². The van der Waals surface area contributed by atoms with Crippen LogP contribution in [0.4, 0.5) is 0 Å². The molecule has 1 fully saturated rings. The lowest BCUT2D eigenvalue weighted by Gasteiger charge is -2.28. The molecule has 8 heteroatoms. The van der Waals surface area contributed by atoms with Gasteiger partial charge in [-0.15, -0.1) is 0 Å². The average Bonchev–Trinajstić information content (AvgIpc) is 2.96. The Kier molecular flexibility index (Phi) is 4.33. The van der Waals surface area contributed by atoms with E-state index in [1.165, 1.54) is 10.6 Å². The molecule has 0 amide bonds. The minimum Gasteiger partial charge on any atom is -0.339 e. The Labute approximate surface area is 137 Å². The molecule has 1 saturated heterocycles. The first kappa shape index (κ1) is 15.6. The summed E-state index contributed by atoms with van der Waals surface area (Å²) >= 11 is 3.41. The van der Waals surface area contributed by atoms with Crippen molar-refractivity contribution in [1.29, 1.82) is 0 Å². The van der Waals surface area contributed by atoms with Crippen LogP contribution in [0.5, 0.6) is 0 Å². The van der Waals surface area contributed by atoms with Gasteiger partial charge in [0, 0.05) is 23.1 Å². The number of sulfonamides is 1. The second-order valence-electron chi connectivity index (χ2n) is 5.43. The molecule has 1 atom stereocenters. The first-order chi connectivity index (χ1) is 10.4. The molecule has 0 saturated carbocycles. The molecule has 22 heavy (non-hydrogen) atoms. The third-order valence-electron chi connectivity index (χ3n) is 3.73. The van der Waals surface area contributed by atoms with Crippen LogP contribution in [0, 0.1) is 0 Å². The van der Waals surface area contributed by atoms with Gasteiger partial charge in [0.25, 0.3) is 0 Å². The van der Waals surface area contributed by atoms with Crippen LogP contribution < -0.4 is 0 Å². The minimum absolute atomic E-state index is 0.0446. The Balaban J connectivity index is 1.82. The molecule has 0 radical (unpaired) electrons. The minimum atomic E-state index is -3.18. The lowest BCUT2D eigenvalue weighted by molar-refractivity contribution is 0.266. The van der Waals surface area contributed by atoms with Crippen molar-refractivity contribution < 1.29 is 12.9 Å². The molecule has 2 heterocycles. The number of rotatable bonds is 3. The SMILES string of the molecule is CS(=O)(=O)N1CCC[C@@H](c2nc(-c3cccc(Br)c3)no2)C1. The van der Waals surface area contributed by atoms with Crippen molar-refractivity contribution in [2.45, 2.75) is 18.8 Å². The number of aromatic nitrogens is 2. The second kappa shape index (κ2) is 6.10. The lowest BCUT2D eigenvalue weighted by atomic mass is 10.00. The maximum Gasteiger partial charge on any atom is 0.231 e. The standard InChI is InChI=1S/C14H16BrN3O3S/c1-22(19,20)18-7-3-5-11(9-18)14-16-13(17-21-14)10-4-2-6-12(15)8-10/h2,4,6,8,11H,3,5,7,9H2,1H3/t11-/m1/s1. The largest absolute Gasteiger partial charge is 0.339 e. The fourth-order valence-corrected chi connectivity index (χ4v) is 3.90. The first-order valence-corrected chi connectivity index (χ1v) is 9.62.